The summed E-state index contributed by atoms with van der Waals surface area (Å²) >= 11 is 0. The van der Waals surface area contributed by atoms with Crippen molar-refractivity contribution in [2.24, 2.45) is 5.92 Å². The third kappa shape index (κ3) is 3.74. The van der Waals surface area contributed by atoms with E-state index < -0.39 is 12.2 Å². The molecule has 0 saturated heterocycles. The van der Waals surface area contributed by atoms with Crippen molar-refractivity contribution in [3.8, 4) is 22.3 Å². The Bertz CT molecular complexity index is 1330. The van der Waals surface area contributed by atoms with Crippen molar-refractivity contribution in [3.05, 3.63) is 42.3 Å². The van der Waals surface area contributed by atoms with Crippen LogP contribution in [-0.4, -0.2) is 30.3 Å². The van der Waals surface area contributed by atoms with Gasteiger partial charge in [0.15, 0.2) is 0 Å². The van der Waals surface area contributed by atoms with E-state index in [2.05, 4.69) is 15.1 Å². The van der Waals surface area contributed by atoms with Gasteiger partial charge in [0.2, 0.25) is 5.95 Å². The topological polar surface area (TPSA) is 95.7 Å². The number of nitrogen functional groups attached to an aromatic ring is 1. The summed E-state index contributed by atoms with van der Waals surface area (Å²) in [5.74, 6) is 0.500. The lowest BCUT2D eigenvalue weighted by Gasteiger charge is -2.31. The number of aryl methyl sites for hydroxylation is 2. The van der Waals surface area contributed by atoms with E-state index in [9.17, 15) is 4.39 Å². The Kier molecular flexibility index (Phi) is 4.40. The minimum atomic E-state index is -1.75. The summed E-state index contributed by atoms with van der Waals surface area (Å²) in [4.78, 5) is 12.9. The number of halogens is 1. The third-order valence-electron chi connectivity index (χ3n) is 6.30. The first-order chi connectivity index (χ1) is 16.1. The molecule has 0 radical (unpaired) electrons. The van der Waals surface area contributed by atoms with Crippen LogP contribution in [0.15, 0.2) is 35.4 Å². The summed E-state index contributed by atoms with van der Waals surface area (Å²) in [5, 5.41) is 4.04. The predicted octanol–water partition coefficient (Wildman–Crippen LogP) is 5.27. The first-order valence-electron chi connectivity index (χ1n) is 11.8. The van der Waals surface area contributed by atoms with Crippen molar-refractivity contribution in [1.82, 2.24) is 24.7 Å². The van der Waals surface area contributed by atoms with Crippen LogP contribution in [0.25, 0.3) is 33.3 Å². The normalized spacial score (nSPS) is 22.7. The summed E-state index contributed by atoms with van der Waals surface area (Å²) < 4.78 is 39.6. The largest absolute Gasteiger partial charge is 0.368 e. The second kappa shape index (κ2) is 7.69. The Morgan fingerprint density at radius 2 is 1.88 bits per heavy atom. The molecule has 1 fully saturated rings. The van der Waals surface area contributed by atoms with Crippen molar-refractivity contribution in [2.75, 3.05) is 5.73 Å². The molecule has 8 heteroatoms. The Hall–Kier alpha value is -3.29. The van der Waals surface area contributed by atoms with Gasteiger partial charge in [-0.1, -0.05) is 5.16 Å². The fourth-order valence-electron chi connectivity index (χ4n) is 4.48. The second-order valence-electron chi connectivity index (χ2n) is 8.85. The molecular formula is C24H27FN6O. The summed E-state index contributed by atoms with van der Waals surface area (Å²) in [6.45, 7) is 3.55. The third-order valence-corrected chi connectivity index (χ3v) is 6.30. The first-order valence-corrected chi connectivity index (χ1v) is 10.8. The molecule has 1 saturated carbocycles. The zero-order chi connectivity index (χ0) is 24.3. The standard InChI is InChI=1S/C24H27FN6O/c1-14-21(15(2)32-30-14)17-8-20-22(27-9-17)19(18-10-28-23(26)29-11-18)13-31(20)12-16-4-6-24(3,25)7-5-16/h8-11,13,16H,4-7,12H2,1-3H3,(H2,26,28,29)/i12D2. The van der Waals surface area contributed by atoms with Gasteiger partial charge >= 0.3 is 0 Å². The van der Waals surface area contributed by atoms with Crippen LogP contribution in [0.2, 0.25) is 0 Å². The summed E-state index contributed by atoms with van der Waals surface area (Å²) in [6.07, 6.45) is 8.34. The molecule has 0 atom stereocenters. The number of hydrogen-bond donors (Lipinski definition) is 1. The lowest BCUT2D eigenvalue weighted by molar-refractivity contribution is 0.0985. The highest BCUT2D eigenvalue weighted by molar-refractivity contribution is 5.94. The van der Waals surface area contributed by atoms with Gasteiger partial charge in [0.05, 0.1) is 19.5 Å². The summed E-state index contributed by atoms with van der Waals surface area (Å²) in [5.41, 5.74) is 9.43. The molecular weight excluding hydrogens is 407 g/mol. The van der Waals surface area contributed by atoms with Gasteiger partial charge in [0.1, 0.15) is 11.4 Å². The molecule has 0 bridgehead atoms. The average Bonchev–Trinajstić information content (AvgIpc) is 3.33. The maximum Gasteiger partial charge on any atom is 0.219 e. The molecule has 4 aromatic heterocycles. The van der Waals surface area contributed by atoms with Crippen molar-refractivity contribution < 1.29 is 11.7 Å². The Morgan fingerprint density at radius 3 is 2.53 bits per heavy atom. The van der Waals surface area contributed by atoms with Gasteiger partial charge in [-0.2, -0.15) is 0 Å². The van der Waals surface area contributed by atoms with Gasteiger partial charge in [-0.15, -0.1) is 0 Å². The van der Waals surface area contributed by atoms with Crippen LogP contribution in [0.1, 0.15) is 46.8 Å². The number of nitrogens with two attached hydrogens (primary N) is 1. The zero-order valence-corrected chi connectivity index (χ0v) is 18.4. The smallest absolute Gasteiger partial charge is 0.219 e. The number of pyridine rings is 1. The van der Waals surface area contributed by atoms with Crippen molar-refractivity contribution >= 4 is 17.0 Å². The van der Waals surface area contributed by atoms with E-state index in [0.717, 1.165) is 16.8 Å². The fraction of sp³-hybridized carbons (Fsp3) is 0.417. The number of hydrogen-bond acceptors (Lipinski definition) is 6. The highest BCUT2D eigenvalue weighted by Gasteiger charge is 2.31. The number of rotatable bonds is 4. The van der Waals surface area contributed by atoms with Gasteiger partial charge in [0, 0.05) is 53.5 Å². The number of nitrogens with zero attached hydrogens (tertiary/aromatic N) is 5. The number of alkyl halides is 1. The molecule has 166 valence electrons. The molecule has 1 aliphatic carbocycles. The Morgan fingerprint density at radius 1 is 1.19 bits per heavy atom. The fourth-order valence-corrected chi connectivity index (χ4v) is 4.48. The van der Waals surface area contributed by atoms with E-state index in [1.165, 1.54) is 0 Å². The Labute approximate surface area is 188 Å². The molecule has 1 aliphatic rings. The van der Waals surface area contributed by atoms with Gasteiger partial charge < -0.3 is 14.8 Å². The van der Waals surface area contributed by atoms with E-state index >= 15 is 0 Å². The predicted molar refractivity (Wildman–Crippen MR) is 122 cm³/mol. The average molecular weight is 437 g/mol. The quantitative estimate of drug-likeness (QED) is 0.468. The molecule has 7 nitrogen and oxygen atoms in total. The lowest BCUT2D eigenvalue weighted by Crippen LogP contribution is -2.27. The zero-order valence-electron chi connectivity index (χ0n) is 20.4. The van der Waals surface area contributed by atoms with Crippen molar-refractivity contribution in [2.45, 2.75) is 58.6 Å². The van der Waals surface area contributed by atoms with Crippen molar-refractivity contribution in [1.29, 1.82) is 0 Å². The van der Waals surface area contributed by atoms with Crippen LogP contribution in [-0.2, 0) is 6.50 Å². The van der Waals surface area contributed by atoms with Gasteiger partial charge in [-0.25, -0.2) is 14.4 Å². The summed E-state index contributed by atoms with van der Waals surface area (Å²) in [6, 6.07) is 1.91. The highest BCUT2D eigenvalue weighted by atomic mass is 19.1. The molecule has 4 heterocycles. The van der Waals surface area contributed by atoms with Crippen molar-refractivity contribution in [3.63, 3.8) is 0 Å². The number of anilines is 1. The van der Waals surface area contributed by atoms with Gasteiger partial charge in [-0.05, 0) is 58.4 Å². The minimum absolute atomic E-state index is 0.160. The minimum Gasteiger partial charge on any atom is -0.368 e. The second-order valence-corrected chi connectivity index (χ2v) is 8.85. The Balaban J connectivity index is 1.69. The molecule has 0 spiro atoms. The number of aromatic nitrogens is 5. The number of fused-ring (bicyclic) bond motifs is 1. The highest BCUT2D eigenvalue weighted by Crippen LogP contribution is 2.38. The first kappa shape index (κ1) is 18.3. The molecule has 4 aromatic rings. The molecule has 2 N–H and O–H groups in total. The van der Waals surface area contributed by atoms with Gasteiger partial charge in [-0.3, -0.25) is 4.98 Å². The van der Waals surface area contributed by atoms with E-state index in [1.54, 1.807) is 36.3 Å². The molecule has 5 rings (SSSR count). The monoisotopic (exact) mass is 436 g/mol. The molecule has 0 unspecified atom stereocenters. The van der Waals surface area contributed by atoms with E-state index in [1.807, 2.05) is 19.9 Å². The van der Waals surface area contributed by atoms with Crippen LogP contribution in [0.3, 0.4) is 0 Å². The van der Waals surface area contributed by atoms with E-state index in [4.69, 9.17) is 18.0 Å². The maximum absolute atomic E-state index is 14.5. The van der Waals surface area contributed by atoms with E-state index in [-0.39, 0.29) is 11.9 Å². The molecule has 32 heavy (non-hydrogen) atoms. The molecule has 0 aromatic carbocycles. The van der Waals surface area contributed by atoms with Crippen LogP contribution in [0.5, 0.6) is 0 Å². The summed E-state index contributed by atoms with van der Waals surface area (Å²) in [7, 11) is 0. The van der Waals surface area contributed by atoms with E-state index in [0.29, 0.717) is 53.6 Å². The maximum atomic E-state index is 14.5. The molecule has 0 amide bonds. The van der Waals surface area contributed by atoms with Crippen LogP contribution >= 0.6 is 0 Å². The lowest BCUT2D eigenvalue weighted by atomic mass is 9.81. The molecule has 0 aliphatic heterocycles. The van der Waals surface area contributed by atoms with Crippen LogP contribution < -0.4 is 5.73 Å². The SMILES string of the molecule is [2H]C([2H])(C1CCC(C)(F)CC1)n1cc(-c2cnc(N)nc2)c2ncc(-c3c(C)noc3C)cc21. The van der Waals surface area contributed by atoms with Crippen LogP contribution in [0.4, 0.5) is 10.3 Å². The van der Waals surface area contributed by atoms with Gasteiger partial charge in [0.25, 0.3) is 0 Å². The van der Waals surface area contributed by atoms with Crippen LogP contribution in [0, 0.1) is 19.8 Å².